The smallest absolute Gasteiger partial charge is 0.254 e. The molecular formula is C12H15N3O3. The lowest BCUT2D eigenvalue weighted by Crippen LogP contribution is -2.36. The Morgan fingerprint density at radius 1 is 1.28 bits per heavy atom. The average molecular weight is 249 g/mol. The Labute approximate surface area is 104 Å². The molecule has 1 aliphatic rings. The van der Waals surface area contributed by atoms with Crippen LogP contribution in [0.5, 0.6) is 0 Å². The van der Waals surface area contributed by atoms with E-state index < -0.39 is 11.3 Å². The normalized spacial score (nSPS) is 16.0. The van der Waals surface area contributed by atoms with E-state index in [9.17, 15) is 9.59 Å². The van der Waals surface area contributed by atoms with Crippen molar-refractivity contribution in [3.05, 3.63) is 29.8 Å². The third kappa shape index (κ3) is 2.43. The molecule has 1 aliphatic carbocycles. The van der Waals surface area contributed by atoms with Crippen LogP contribution in [0.3, 0.4) is 0 Å². The number of nitrogen functional groups attached to an aromatic ring is 1. The Balaban J connectivity index is 2.00. The number of carbonyl (C=O) groups is 2. The van der Waals surface area contributed by atoms with Gasteiger partial charge in [0, 0.05) is 5.69 Å². The lowest BCUT2D eigenvalue weighted by molar-refractivity contribution is -0.140. The van der Waals surface area contributed by atoms with Crippen molar-refractivity contribution in [3.63, 3.8) is 0 Å². The van der Waals surface area contributed by atoms with Crippen LogP contribution in [-0.4, -0.2) is 18.4 Å². The van der Waals surface area contributed by atoms with E-state index in [4.69, 9.17) is 16.3 Å². The molecule has 6 heteroatoms. The fraction of sp³-hybridized carbons (Fsp3) is 0.333. The van der Waals surface area contributed by atoms with E-state index in [1.807, 2.05) is 12.1 Å². The second kappa shape index (κ2) is 4.66. The monoisotopic (exact) mass is 249 g/mol. The van der Waals surface area contributed by atoms with Gasteiger partial charge in [-0.1, -0.05) is 12.1 Å². The molecule has 18 heavy (non-hydrogen) atoms. The summed E-state index contributed by atoms with van der Waals surface area (Å²) >= 11 is 0. The van der Waals surface area contributed by atoms with Crippen LogP contribution in [0.4, 0.5) is 5.69 Å². The lowest BCUT2D eigenvalue weighted by Gasteiger charge is -2.15. The molecule has 5 N–H and O–H groups in total. The first-order valence-electron chi connectivity index (χ1n) is 5.61. The second-order valence-electron chi connectivity index (χ2n) is 4.39. The molecule has 1 aromatic rings. The number of benzene rings is 1. The molecule has 0 aromatic heterocycles. The number of rotatable bonds is 5. The van der Waals surface area contributed by atoms with Crippen molar-refractivity contribution in [3.8, 4) is 0 Å². The van der Waals surface area contributed by atoms with Crippen molar-refractivity contribution in [2.75, 3.05) is 12.3 Å². The maximum absolute atomic E-state index is 12.0. The maximum atomic E-state index is 12.0. The van der Waals surface area contributed by atoms with Gasteiger partial charge in [-0.3, -0.25) is 14.4 Å². The van der Waals surface area contributed by atoms with Crippen LogP contribution in [0.25, 0.3) is 0 Å². The molecule has 96 valence electrons. The highest BCUT2D eigenvalue weighted by Gasteiger charge is 2.51. The number of carbonyl (C=O) groups excluding carboxylic acids is 2. The summed E-state index contributed by atoms with van der Waals surface area (Å²) in [6.07, 6.45) is 1.51. The first kappa shape index (κ1) is 12.4. The molecular weight excluding hydrogens is 234 g/mol. The molecule has 0 spiro atoms. The van der Waals surface area contributed by atoms with Gasteiger partial charge in [-0.15, -0.1) is 0 Å². The van der Waals surface area contributed by atoms with Crippen LogP contribution in [0.1, 0.15) is 18.4 Å². The molecule has 2 amide bonds. The fourth-order valence-corrected chi connectivity index (χ4v) is 1.84. The first-order valence-corrected chi connectivity index (χ1v) is 5.61. The highest BCUT2D eigenvalue weighted by Crippen LogP contribution is 2.48. The van der Waals surface area contributed by atoms with Crippen molar-refractivity contribution in [2.45, 2.75) is 18.3 Å². The zero-order valence-electron chi connectivity index (χ0n) is 9.81. The van der Waals surface area contributed by atoms with Crippen molar-refractivity contribution >= 4 is 17.5 Å². The minimum atomic E-state index is -0.632. The average Bonchev–Trinajstić information content (AvgIpc) is 3.10. The molecule has 0 bridgehead atoms. The molecule has 0 aliphatic heterocycles. The number of hydrogen-bond acceptors (Lipinski definition) is 4. The molecule has 6 nitrogen and oxygen atoms in total. The van der Waals surface area contributed by atoms with Gasteiger partial charge >= 0.3 is 0 Å². The molecule has 2 rings (SSSR count). The third-order valence-electron chi connectivity index (χ3n) is 3.03. The van der Waals surface area contributed by atoms with E-state index in [2.05, 4.69) is 5.48 Å². The molecule has 0 saturated heterocycles. The van der Waals surface area contributed by atoms with Gasteiger partial charge < -0.3 is 11.5 Å². The predicted octanol–water partition coefficient (Wildman–Crippen LogP) is -0.166. The first-order chi connectivity index (χ1) is 8.54. The topological polar surface area (TPSA) is 107 Å². The highest BCUT2D eigenvalue weighted by atomic mass is 16.7. The number of anilines is 1. The van der Waals surface area contributed by atoms with Crippen LogP contribution >= 0.6 is 0 Å². The van der Waals surface area contributed by atoms with Crippen molar-refractivity contribution in [1.29, 1.82) is 0 Å². The zero-order valence-corrected chi connectivity index (χ0v) is 9.81. The van der Waals surface area contributed by atoms with E-state index in [1.54, 1.807) is 12.1 Å². The maximum Gasteiger partial charge on any atom is 0.254 e. The van der Waals surface area contributed by atoms with Crippen LogP contribution in [-0.2, 0) is 19.8 Å². The summed E-state index contributed by atoms with van der Waals surface area (Å²) in [6, 6.07) is 7.17. The number of hydroxylamine groups is 1. The van der Waals surface area contributed by atoms with Crippen molar-refractivity contribution in [1.82, 2.24) is 5.48 Å². The quantitative estimate of drug-likeness (QED) is 0.497. The summed E-state index contributed by atoms with van der Waals surface area (Å²) in [5, 5.41) is 0. The van der Waals surface area contributed by atoms with Gasteiger partial charge in [-0.2, -0.15) is 0 Å². The molecule has 0 radical (unpaired) electrons. The van der Waals surface area contributed by atoms with E-state index in [1.165, 1.54) is 0 Å². The Morgan fingerprint density at radius 2 is 1.89 bits per heavy atom. The van der Waals surface area contributed by atoms with Gasteiger partial charge in [0.05, 0.1) is 5.41 Å². The third-order valence-corrected chi connectivity index (χ3v) is 3.03. The molecule has 1 saturated carbocycles. The fourth-order valence-electron chi connectivity index (χ4n) is 1.84. The van der Waals surface area contributed by atoms with E-state index in [0.29, 0.717) is 5.69 Å². The minimum Gasteiger partial charge on any atom is -0.399 e. The van der Waals surface area contributed by atoms with E-state index >= 15 is 0 Å². The minimum absolute atomic E-state index is 0.256. The van der Waals surface area contributed by atoms with Gasteiger partial charge in [-0.25, -0.2) is 5.48 Å². The summed E-state index contributed by atoms with van der Waals surface area (Å²) in [6.45, 7) is -0.330. The summed E-state index contributed by atoms with van der Waals surface area (Å²) < 4.78 is 0. The number of nitrogens with two attached hydrogens (primary N) is 2. The SMILES string of the molecule is NC(=O)CONC(=O)C1(c2ccc(N)cc2)CC1. The Hall–Kier alpha value is -2.08. The highest BCUT2D eigenvalue weighted by molar-refractivity contribution is 5.90. The zero-order chi connectivity index (χ0) is 13.2. The molecule has 0 atom stereocenters. The second-order valence-corrected chi connectivity index (χ2v) is 4.39. The Kier molecular flexibility index (Phi) is 3.20. The van der Waals surface area contributed by atoms with Gasteiger partial charge in [0.2, 0.25) is 5.91 Å². The number of primary amides is 1. The van der Waals surface area contributed by atoms with Crippen LogP contribution in [0.15, 0.2) is 24.3 Å². The van der Waals surface area contributed by atoms with Crippen LogP contribution in [0, 0.1) is 0 Å². The van der Waals surface area contributed by atoms with Crippen LogP contribution in [0.2, 0.25) is 0 Å². The largest absolute Gasteiger partial charge is 0.399 e. The molecule has 0 unspecified atom stereocenters. The lowest BCUT2D eigenvalue weighted by atomic mass is 9.95. The van der Waals surface area contributed by atoms with Crippen molar-refractivity contribution < 1.29 is 14.4 Å². The molecule has 0 heterocycles. The number of amides is 2. The Morgan fingerprint density at radius 3 is 2.39 bits per heavy atom. The van der Waals surface area contributed by atoms with E-state index in [-0.39, 0.29) is 12.5 Å². The predicted molar refractivity (Wildman–Crippen MR) is 65.1 cm³/mol. The van der Waals surface area contributed by atoms with Gasteiger partial charge in [-0.05, 0) is 30.5 Å². The van der Waals surface area contributed by atoms with Crippen molar-refractivity contribution in [2.24, 2.45) is 5.73 Å². The van der Waals surface area contributed by atoms with Gasteiger partial charge in [0.15, 0.2) is 6.61 Å². The number of hydrogen-bond donors (Lipinski definition) is 3. The molecule has 1 aromatic carbocycles. The summed E-state index contributed by atoms with van der Waals surface area (Å²) in [4.78, 5) is 27.2. The van der Waals surface area contributed by atoms with Gasteiger partial charge in [0.25, 0.3) is 5.91 Å². The van der Waals surface area contributed by atoms with Crippen LogP contribution < -0.4 is 16.9 Å². The summed E-state index contributed by atoms with van der Waals surface area (Å²) in [5.74, 6) is -0.888. The Bertz CT molecular complexity index is 466. The standard InChI is InChI=1S/C12H15N3O3/c13-9-3-1-8(2-4-9)12(5-6-12)11(17)15-18-7-10(14)16/h1-4H,5-7,13H2,(H2,14,16)(H,15,17). The molecule has 1 fully saturated rings. The summed E-state index contributed by atoms with van der Waals surface area (Å²) in [5.41, 5.74) is 13.8. The van der Waals surface area contributed by atoms with E-state index in [0.717, 1.165) is 18.4 Å². The van der Waals surface area contributed by atoms with Gasteiger partial charge in [0.1, 0.15) is 0 Å². The summed E-state index contributed by atoms with van der Waals surface area (Å²) in [7, 11) is 0. The number of nitrogens with one attached hydrogen (secondary N) is 1.